The van der Waals surface area contributed by atoms with Gasteiger partial charge in [0.25, 0.3) is 0 Å². The summed E-state index contributed by atoms with van der Waals surface area (Å²) in [6, 6.07) is 23.4. The number of methoxy groups -OCH3 is 1. The van der Waals surface area contributed by atoms with Gasteiger partial charge < -0.3 is 9.47 Å². The van der Waals surface area contributed by atoms with E-state index >= 15 is 0 Å². The van der Waals surface area contributed by atoms with Crippen LogP contribution in [0.2, 0.25) is 0 Å². The zero-order chi connectivity index (χ0) is 23.1. The molecular formula is C29H34O3. The highest BCUT2D eigenvalue weighted by Gasteiger charge is 2.09. The molecule has 0 saturated carbocycles. The maximum Gasteiger partial charge on any atom is 0.343 e. The Morgan fingerprint density at radius 1 is 0.812 bits per heavy atom. The van der Waals surface area contributed by atoms with Crippen molar-refractivity contribution in [2.24, 2.45) is 5.92 Å². The van der Waals surface area contributed by atoms with Crippen molar-refractivity contribution < 1.29 is 14.3 Å². The molecule has 0 spiro atoms. The Bertz CT molecular complexity index is 1020. The van der Waals surface area contributed by atoms with Crippen LogP contribution in [0.1, 0.15) is 50.7 Å². The molecule has 3 heteroatoms. The summed E-state index contributed by atoms with van der Waals surface area (Å²) in [6.45, 7) is 8.95. The number of ether oxygens (including phenoxy) is 2. The van der Waals surface area contributed by atoms with Crippen molar-refractivity contribution in [2.45, 2.75) is 46.5 Å². The summed E-state index contributed by atoms with van der Waals surface area (Å²) in [5.74, 6) is 1.60. The molecule has 0 amide bonds. The number of esters is 1. The first kappa shape index (κ1) is 23.6. The fraction of sp³-hybridized carbons (Fsp3) is 0.345. The Hall–Kier alpha value is -3.07. The van der Waals surface area contributed by atoms with Gasteiger partial charge in [-0.1, -0.05) is 81.8 Å². The Kier molecular flexibility index (Phi) is 8.10. The summed E-state index contributed by atoms with van der Waals surface area (Å²) in [5.41, 5.74) is 7.41. The Morgan fingerprint density at radius 3 is 2.03 bits per heavy atom. The molecule has 0 radical (unpaired) electrons. The van der Waals surface area contributed by atoms with Crippen LogP contribution < -0.4 is 4.74 Å². The molecular weight excluding hydrogens is 396 g/mol. The highest BCUT2D eigenvalue weighted by molar-refractivity contribution is 5.74. The zero-order valence-electron chi connectivity index (χ0n) is 19.9. The Balaban J connectivity index is 1.70. The van der Waals surface area contributed by atoms with Gasteiger partial charge in [-0.25, -0.2) is 4.79 Å². The predicted octanol–water partition coefficient (Wildman–Crippen LogP) is 7.42. The van der Waals surface area contributed by atoms with Gasteiger partial charge in [-0.05, 0) is 70.7 Å². The minimum atomic E-state index is -0.390. The van der Waals surface area contributed by atoms with Crippen molar-refractivity contribution in [2.75, 3.05) is 13.7 Å². The van der Waals surface area contributed by atoms with Crippen LogP contribution >= 0.6 is 0 Å². The van der Waals surface area contributed by atoms with Crippen molar-refractivity contribution in [3.63, 3.8) is 0 Å². The molecule has 3 nitrogen and oxygen atoms in total. The third-order valence-electron chi connectivity index (χ3n) is 5.97. The van der Waals surface area contributed by atoms with Gasteiger partial charge in [0.2, 0.25) is 0 Å². The lowest BCUT2D eigenvalue weighted by Gasteiger charge is -2.14. The van der Waals surface area contributed by atoms with E-state index in [0.717, 1.165) is 11.5 Å². The summed E-state index contributed by atoms with van der Waals surface area (Å²) < 4.78 is 10.0. The van der Waals surface area contributed by atoms with E-state index in [9.17, 15) is 4.79 Å². The van der Waals surface area contributed by atoms with Crippen molar-refractivity contribution >= 4 is 5.97 Å². The van der Waals surface area contributed by atoms with Crippen LogP contribution in [0.25, 0.3) is 22.3 Å². The van der Waals surface area contributed by atoms with Crippen LogP contribution in [0.5, 0.6) is 5.75 Å². The average Bonchev–Trinajstić information content (AvgIpc) is 2.81. The minimum absolute atomic E-state index is 0.0845. The average molecular weight is 431 g/mol. The monoisotopic (exact) mass is 430 g/mol. The molecule has 1 atom stereocenters. The van der Waals surface area contributed by atoms with E-state index in [1.54, 1.807) is 0 Å². The number of aryl methyl sites for hydroxylation is 1. The Labute approximate surface area is 192 Å². The van der Waals surface area contributed by atoms with E-state index in [0.29, 0.717) is 11.7 Å². The van der Waals surface area contributed by atoms with Gasteiger partial charge in [0.15, 0.2) is 6.61 Å². The molecule has 0 aliphatic heterocycles. The van der Waals surface area contributed by atoms with E-state index in [1.165, 1.54) is 47.8 Å². The van der Waals surface area contributed by atoms with Crippen LogP contribution in [-0.4, -0.2) is 19.7 Å². The van der Waals surface area contributed by atoms with Crippen molar-refractivity contribution in [3.8, 4) is 28.0 Å². The molecule has 0 fully saturated rings. The molecule has 3 aromatic rings. The van der Waals surface area contributed by atoms with Crippen LogP contribution in [0, 0.1) is 12.8 Å². The van der Waals surface area contributed by atoms with Crippen molar-refractivity contribution in [1.29, 1.82) is 0 Å². The topological polar surface area (TPSA) is 35.5 Å². The number of carbonyl (C=O) groups excluding carboxylic acids is 1. The smallest absolute Gasteiger partial charge is 0.343 e. The quantitative estimate of drug-likeness (QED) is 0.331. The third kappa shape index (κ3) is 6.23. The summed E-state index contributed by atoms with van der Waals surface area (Å²) in [5, 5.41) is 0. The second-order valence-electron chi connectivity index (χ2n) is 8.91. The summed E-state index contributed by atoms with van der Waals surface area (Å²) in [4.78, 5) is 11.2. The van der Waals surface area contributed by atoms with Crippen LogP contribution in [0.15, 0.2) is 66.7 Å². The molecule has 0 aromatic heterocycles. The molecule has 0 N–H and O–H groups in total. The lowest BCUT2D eigenvalue weighted by molar-refractivity contribution is -0.142. The van der Waals surface area contributed by atoms with E-state index < -0.39 is 5.97 Å². The van der Waals surface area contributed by atoms with E-state index in [1.807, 2.05) is 24.3 Å². The number of rotatable bonds is 9. The van der Waals surface area contributed by atoms with Gasteiger partial charge in [-0.3, -0.25) is 0 Å². The van der Waals surface area contributed by atoms with Gasteiger partial charge >= 0.3 is 5.97 Å². The Morgan fingerprint density at radius 2 is 1.44 bits per heavy atom. The van der Waals surface area contributed by atoms with Crippen LogP contribution in [0.4, 0.5) is 0 Å². The molecule has 0 saturated heterocycles. The molecule has 0 heterocycles. The first-order chi connectivity index (χ1) is 15.4. The van der Waals surface area contributed by atoms with E-state index in [-0.39, 0.29) is 6.61 Å². The van der Waals surface area contributed by atoms with Crippen molar-refractivity contribution in [1.82, 2.24) is 0 Å². The number of hydrogen-bond acceptors (Lipinski definition) is 3. The SMILES string of the molecule is COC(=O)COc1ccc(-c2ccc(-c3ccc(C(C)CCC(C)C)cc3)cc2C)cc1. The standard InChI is InChI=1S/C29H34O3/c1-20(2)6-7-21(3)23-8-10-24(11-9-23)26-14-17-28(22(4)18-26)25-12-15-27(16-13-25)32-19-29(30)31-5/h8-18,20-21H,6-7,19H2,1-5H3. The molecule has 3 aromatic carbocycles. The number of carbonyl (C=O) groups is 1. The largest absolute Gasteiger partial charge is 0.482 e. The van der Waals surface area contributed by atoms with E-state index in [2.05, 4.69) is 74.9 Å². The van der Waals surface area contributed by atoms with Crippen molar-refractivity contribution in [3.05, 3.63) is 77.9 Å². The van der Waals surface area contributed by atoms with Gasteiger partial charge in [-0.2, -0.15) is 0 Å². The normalized spacial score (nSPS) is 11.9. The molecule has 1 unspecified atom stereocenters. The molecule has 32 heavy (non-hydrogen) atoms. The fourth-order valence-electron chi connectivity index (χ4n) is 3.85. The molecule has 0 aliphatic carbocycles. The van der Waals surface area contributed by atoms with Crippen LogP contribution in [-0.2, 0) is 9.53 Å². The maximum absolute atomic E-state index is 11.2. The van der Waals surface area contributed by atoms with Gasteiger partial charge in [0, 0.05) is 0 Å². The first-order valence-electron chi connectivity index (χ1n) is 11.4. The number of benzene rings is 3. The lowest BCUT2D eigenvalue weighted by Crippen LogP contribution is -2.12. The summed E-state index contributed by atoms with van der Waals surface area (Å²) in [7, 11) is 1.35. The fourth-order valence-corrected chi connectivity index (χ4v) is 3.85. The molecule has 0 bridgehead atoms. The minimum Gasteiger partial charge on any atom is -0.482 e. The third-order valence-corrected chi connectivity index (χ3v) is 5.97. The van der Waals surface area contributed by atoms with Gasteiger partial charge in [0.05, 0.1) is 7.11 Å². The second-order valence-corrected chi connectivity index (χ2v) is 8.91. The van der Waals surface area contributed by atoms with Gasteiger partial charge in [-0.15, -0.1) is 0 Å². The summed E-state index contributed by atoms with van der Waals surface area (Å²) in [6.07, 6.45) is 2.50. The highest BCUT2D eigenvalue weighted by atomic mass is 16.6. The predicted molar refractivity (Wildman–Crippen MR) is 132 cm³/mol. The second kappa shape index (κ2) is 11.0. The highest BCUT2D eigenvalue weighted by Crippen LogP contribution is 2.31. The molecule has 0 aliphatic rings. The van der Waals surface area contributed by atoms with E-state index in [4.69, 9.17) is 4.74 Å². The maximum atomic E-state index is 11.2. The molecule has 168 valence electrons. The lowest BCUT2D eigenvalue weighted by atomic mass is 9.91. The zero-order valence-corrected chi connectivity index (χ0v) is 19.9. The summed E-state index contributed by atoms with van der Waals surface area (Å²) >= 11 is 0. The first-order valence-corrected chi connectivity index (χ1v) is 11.4. The van der Waals surface area contributed by atoms with Gasteiger partial charge in [0.1, 0.15) is 5.75 Å². The molecule has 3 rings (SSSR count). The number of hydrogen-bond donors (Lipinski definition) is 0. The van der Waals surface area contributed by atoms with Crippen LogP contribution in [0.3, 0.4) is 0 Å².